The molecule has 0 radical (unpaired) electrons. The van der Waals surface area contributed by atoms with E-state index in [4.69, 9.17) is 4.74 Å². The summed E-state index contributed by atoms with van der Waals surface area (Å²) in [5, 5.41) is 16.3. The monoisotopic (exact) mass is 385 g/mol. The van der Waals surface area contributed by atoms with Crippen LogP contribution in [0, 0.1) is 10.1 Å². The number of nitro benzene ring substituents is 1. The molecule has 0 unspecified atom stereocenters. The number of hydrogen-bond acceptors (Lipinski definition) is 7. The number of nitro groups is 1. The second-order valence-electron chi connectivity index (χ2n) is 5.91. The number of amides is 1. The SMILES string of the molecule is CNc1ccc([N+](=O)[O-])cc1C(=O)O[C@H](C)C(=O)c1ccc(NC(C)=O)cc1. The molecule has 1 atom stereocenters. The van der Waals surface area contributed by atoms with Crippen molar-refractivity contribution < 1.29 is 24.0 Å². The molecular weight excluding hydrogens is 366 g/mol. The van der Waals surface area contributed by atoms with Crippen molar-refractivity contribution in [2.45, 2.75) is 20.0 Å². The molecule has 28 heavy (non-hydrogen) atoms. The number of rotatable bonds is 7. The molecule has 1 amide bonds. The first-order valence-corrected chi connectivity index (χ1v) is 8.32. The van der Waals surface area contributed by atoms with Crippen LogP contribution in [-0.4, -0.2) is 35.7 Å². The molecule has 0 aliphatic carbocycles. The molecule has 2 rings (SSSR count). The first-order valence-electron chi connectivity index (χ1n) is 8.32. The van der Waals surface area contributed by atoms with Crippen molar-refractivity contribution in [1.82, 2.24) is 0 Å². The predicted octanol–water partition coefficient (Wildman–Crippen LogP) is 3.02. The number of anilines is 2. The third kappa shape index (κ3) is 4.91. The molecule has 0 fully saturated rings. The van der Waals surface area contributed by atoms with E-state index in [2.05, 4.69) is 10.6 Å². The Morgan fingerprint density at radius 1 is 1.11 bits per heavy atom. The van der Waals surface area contributed by atoms with Crippen LogP contribution in [0.2, 0.25) is 0 Å². The first-order chi connectivity index (χ1) is 13.2. The molecule has 2 aromatic rings. The Balaban J connectivity index is 2.15. The van der Waals surface area contributed by atoms with Gasteiger partial charge in [-0.25, -0.2) is 4.79 Å². The Kier molecular flexibility index (Phi) is 6.43. The Morgan fingerprint density at radius 2 is 1.75 bits per heavy atom. The molecule has 0 saturated carbocycles. The second-order valence-corrected chi connectivity index (χ2v) is 5.91. The van der Waals surface area contributed by atoms with E-state index in [0.29, 0.717) is 16.9 Å². The standard InChI is InChI=1S/C19H19N3O6/c1-11(18(24)13-4-6-14(7-5-13)21-12(2)23)28-19(25)16-10-15(22(26)27)8-9-17(16)20-3/h4-11,20H,1-3H3,(H,21,23)/t11-/m1/s1. The summed E-state index contributed by atoms with van der Waals surface area (Å²) in [7, 11) is 1.56. The van der Waals surface area contributed by atoms with E-state index in [1.807, 2.05) is 0 Å². The topological polar surface area (TPSA) is 128 Å². The van der Waals surface area contributed by atoms with Gasteiger partial charge in [0.25, 0.3) is 5.69 Å². The maximum Gasteiger partial charge on any atom is 0.341 e. The lowest BCUT2D eigenvalue weighted by atomic mass is 10.1. The molecule has 2 N–H and O–H groups in total. The van der Waals surface area contributed by atoms with E-state index < -0.39 is 22.8 Å². The number of esters is 1. The summed E-state index contributed by atoms with van der Waals surface area (Å²) < 4.78 is 5.20. The van der Waals surface area contributed by atoms with Crippen LogP contribution in [-0.2, 0) is 9.53 Å². The average Bonchev–Trinajstić information content (AvgIpc) is 2.66. The number of non-ortho nitro benzene ring substituents is 1. The van der Waals surface area contributed by atoms with Crippen LogP contribution in [0.25, 0.3) is 0 Å². The summed E-state index contributed by atoms with van der Waals surface area (Å²) in [6.07, 6.45) is -1.11. The number of nitrogens with one attached hydrogen (secondary N) is 2. The highest BCUT2D eigenvalue weighted by atomic mass is 16.6. The quantitative estimate of drug-likeness (QED) is 0.324. The van der Waals surface area contributed by atoms with E-state index in [-0.39, 0.29) is 17.2 Å². The highest BCUT2D eigenvalue weighted by Crippen LogP contribution is 2.23. The van der Waals surface area contributed by atoms with Gasteiger partial charge in [0.2, 0.25) is 11.7 Å². The van der Waals surface area contributed by atoms with Gasteiger partial charge in [-0.2, -0.15) is 0 Å². The molecule has 9 heteroatoms. The zero-order chi connectivity index (χ0) is 20.8. The van der Waals surface area contributed by atoms with Crippen molar-refractivity contribution in [2.24, 2.45) is 0 Å². The number of ketones is 1. The van der Waals surface area contributed by atoms with Gasteiger partial charge in [-0.15, -0.1) is 0 Å². The van der Waals surface area contributed by atoms with Crippen molar-refractivity contribution in [2.75, 3.05) is 17.7 Å². The number of benzene rings is 2. The van der Waals surface area contributed by atoms with Crippen LogP contribution in [0.1, 0.15) is 34.6 Å². The van der Waals surface area contributed by atoms with Crippen LogP contribution in [0.3, 0.4) is 0 Å². The number of nitrogens with zero attached hydrogens (tertiary/aromatic N) is 1. The van der Waals surface area contributed by atoms with Crippen LogP contribution in [0.4, 0.5) is 17.1 Å². The molecule has 0 aliphatic heterocycles. The van der Waals surface area contributed by atoms with Crippen molar-refractivity contribution in [3.05, 3.63) is 63.7 Å². The molecule has 0 heterocycles. The minimum atomic E-state index is -1.11. The molecule has 0 spiro atoms. The summed E-state index contributed by atoms with van der Waals surface area (Å²) in [5.74, 6) is -1.54. The molecule has 0 aromatic heterocycles. The zero-order valence-electron chi connectivity index (χ0n) is 15.5. The fourth-order valence-electron chi connectivity index (χ4n) is 2.47. The van der Waals surface area contributed by atoms with Crippen molar-refractivity contribution in [1.29, 1.82) is 0 Å². The van der Waals surface area contributed by atoms with E-state index in [1.165, 1.54) is 38.1 Å². The number of carbonyl (C=O) groups excluding carboxylic acids is 3. The maximum atomic E-state index is 12.5. The van der Waals surface area contributed by atoms with Gasteiger partial charge in [0, 0.05) is 43.0 Å². The van der Waals surface area contributed by atoms with E-state index in [9.17, 15) is 24.5 Å². The van der Waals surface area contributed by atoms with Gasteiger partial charge in [0.05, 0.1) is 10.5 Å². The van der Waals surface area contributed by atoms with Gasteiger partial charge in [0.1, 0.15) is 0 Å². The zero-order valence-corrected chi connectivity index (χ0v) is 15.5. The van der Waals surface area contributed by atoms with E-state index in [1.54, 1.807) is 19.2 Å². The smallest absolute Gasteiger partial charge is 0.341 e. The third-order valence-corrected chi connectivity index (χ3v) is 3.85. The van der Waals surface area contributed by atoms with Gasteiger partial charge in [0.15, 0.2) is 6.10 Å². The van der Waals surface area contributed by atoms with Crippen molar-refractivity contribution >= 4 is 34.7 Å². The van der Waals surface area contributed by atoms with E-state index >= 15 is 0 Å². The highest BCUT2D eigenvalue weighted by molar-refractivity contribution is 6.03. The van der Waals surface area contributed by atoms with Gasteiger partial charge >= 0.3 is 5.97 Å². The predicted molar refractivity (Wildman–Crippen MR) is 103 cm³/mol. The molecule has 146 valence electrons. The lowest BCUT2D eigenvalue weighted by molar-refractivity contribution is -0.384. The highest BCUT2D eigenvalue weighted by Gasteiger charge is 2.23. The summed E-state index contributed by atoms with van der Waals surface area (Å²) in [5.41, 5.74) is 0.858. The average molecular weight is 385 g/mol. The molecule has 9 nitrogen and oxygen atoms in total. The molecule has 0 saturated heterocycles. The Bertz CT molecular complexity index is 924. The minimum Gasteiger partial charge on any atom is -0.451 e. The normalized spacial score (nSPS) is 11.2. The van der Waals surface area contributed by atoms with E-state index in [0.717, 1.165) is 6.07 Å². The van der Waals surface area contributed by atoms with Gasteiger partial charge < -0.3 is 15.4 Å². The Labute approximate surface area is 160 Å². The summed E-state index contributed by atoms with van der Waals surface area (Å²) in [4.78, 5) is 46.3. The van der Waals surface area contributed by atoms with Gasteiger partial charge in [-0.05, 0) is 37.3 Å². The maximum absolute atomic E-state index is 12.5. The van der Waals surface area contributed by atoms with Crippen LogP contribution < -0.4 is 10.6 Å². The van der Waals surface area contributed by atoms with Crippen molar-refractivity contribution in [3.8, 4) is 0 Å². The van der Waals surface area contributed by atoms with Crippen LogP contribution in [0.5, 0.6) is 0 Å². The summed E-state index contributed by atoms with van der Waals surface area (Å²) in [6.45, 7) is 2.78. The summed E-state index contributed by atoms with van der Waals surface area (Å²) in [6, 6.07) is 9.86. The van der Waals surface area contributed by atoms with Crippen LogP contribution >= 0.6 is 0 Å². The number of ether oxygens (including phenoxy) is 1. The molecule has 0 bridgehead atoms. The fraction of sp³-hybridized carbons (Fsp3) is 0.211. The Hall–Kier alpha value is -3.75. The lowest BCUT2D eigenvalue weighted by Gasteiger charge is -2.14. The van der Waals surface area contributed by atoms with Gasteiger partial charge in [-0.1, -0.05) is 0 Å². The molecular formula is C19H19N3O6. The Morgan fingerprint density at radius 3 is 2.29 bits per heavy atom. The molecule has 2 aromatic carbocycles. The largest absolute Gasteiger partial charge is 0.451 e. The minimum absolute atomic E-state index is 0.0441. The van der Waals surface area contributed by atoms with Crippen molar-refractivity contribution in [3.63, 3.8) is 0 Å². The van der Waals surface area contributed by atoms with Gasteiger partial charge in [-0.3, -0.25) is 19.7 Å². The number of carbonyl (C=O) groups is 3. The first kappa shape index (κ1) is 20.6. The van der Waals surface area contributed by atoms with Crippen LogP contribution in [0.15, 0.2) is 42.5 Å². The number of hydrogen-bond donors (Lipinski definition) is 2. The lowest BCUT2D eigenvalue weighted by Crippen LogP contribution is -2.25. The third-order valence-electron chi connectivity index (χ3n) is 3.85. The second kappa shape index (κ2) is 8.76. The molecule has 0 aliphatic rings. The fourth-order valence-corrected chi connectivity index (χ4v) is 2.47. The number of Topliss-reactive ketones (excluding diaryl/α,β-unsaturated/α-hetero) is 1. The summed E-state index contributed by atoms with van der Waals surface area (Å²) >= 11 is 0.